The van der Waals surface area contributed by atoms with Crippen molar-refractivity contribution in [1.82, 2.24) is 0 Å². The van der Waals surface area contributed by atoms with E-state index in [-0.39, 0.29) is 0 Å². The molecule has 0 bridgehead atoms. The number of alkyl halides is 3. The maximum atomic E-state index is 12.2. The first-order valence-electron chi connectivity index (χ1n) is 3.66. The predicted octanol–water partition coefficient (Wildman–Crippen LogP) is -1.65. The van der Waals surface area contributed by atoms with Gasteiger partial charge in [-0.05, 0) is 0 Å². The number of rotatable bonds is 1. The molecule has 0 spiro atoms. The molecule has 4 N–H and O–H groups in total. The Morgan fingerprint density at radius 1 is 1.29 bits per heavy atom. The van der Waals surface area contributed by atoms with Crippen molar-refractivity contribution in [2.24, 2.45) is 0 Å². The fourth-order valence-electron chi connectivity index (χ4n) is 1.22. The summed E-state index contributed by atoms with van der Waals surface area (Å²) in [6.07, 6.45) is -11.9. The third-order valence-corrected chi connectivity index (χ3v) is 2.12. The largest absolute Gasteiger partial charge is 0.424 e. The summed E-state index contributed by atoms with van der Waals surface area (Å²) in [6.45, 7) is -0.934. The summed E-state index contributed by atoms with van der Waals surface area (Å²) < 4.78 is 40.8. The molecular weight excluding hydrogens is 209 g/mol. The standard InChI is InChI=1S/C6H9F3O5/c7-6(8,9)5(13)3(11)2(1-10)14-4(5)12/h2-4,10-13H,1H2/t2-,3-,4?,5-/m0/s1. The van der Waals surface area contributed by atoms with E-state index in [9.17, 15) is 13.2 Å². The highest BCUT2D eigenvalue weighted by molar-refractivity contribution is 5.04. The van der Waals surface area contributed by atoms with E-state index >= 15 is 0 Å². The molecule has 0 aromatic rings. The van der Waals surface area contributed by atoms with E-state index in [1.165, 1.54) is 0 Å². The zero-order valence-electron chi connectivity index (χ0n) is 6.77. The highest BCUT2D eigenvalue weighted by atomic mass is 19.4. The minimum absolute atomic E-state index is 0.934. The van der Waals surface area contributed by atoms with Gasteiger partial charge in [-0.3, -0.25) is 0 Å². The summed E-state index contributed by atoms with van der Waals surface area (Å²) >= 11 is 0. The average molecular weight is 218 g/mol. The van der Waals surface area contributed by atoms with Gasteiger partial charge in [0.1, 0.15) is 12.2 Å². The zero-order chi connectivity index (χ0) is 11.1. The summed E-state index contributed by atoms with van der Waals surface area (Å²) in [5.74, 6) is 0. The van der Waals surface area contributed by atoms with Gasteiger partial charge in [-0.15, -0.1) is 0 Å². The number of ether oxygens (including phenoxy) is 1. The first-order chi connectivity index (χ1) is 6.25. The molecule has 1 fully saturated rings. The Kier molecular flexibility index (Phi) is 2.76. The van der Waals surface area contributed by atoms with Crippen molar-refractivity contribution in [2.45, 2.75) is 30.3 Å². The van der Waals surface area contributed by atoms with E-state index in [1.54, 1.807) is 0 Å². The fourth-order valence-corrected chi connectivity index (χ4v) is 1.22. The van der Waals surface area contributed by atoms with Gasteiger partial charge < -0.3 is 25.2 Å². The Labute approximate surface area is 76.3 Å². The highest BCUT2D eigenvalue weighted by Crippen LogP contribution is 2.42. The van der Waals surface area contributed by atoms with E-state index in [1.807, 2.05) is 0 Å². The maximum Gasteiger partial charge on any atom is 0.424 e. The van der Waals surface area contributed by atoms with E-state index in [4.69, 9.17) is 20.4 Å². The lowest BCUT2D eigenvalue weighted by Gasteiger charge is -2.30. The summed E-state index contributed by atoms with van der Waals surface area (Å²) in [5.41, 5.74) is -3.75. The number of halogens is 3. The Balaban J connectivity index is 2.99. The Hall–Kier alpha value is -0.410. The quantitative estimate of drug-likeness (QED) is 0.423. The van der Waals surface area contributed by atoms with E-state index < -0.39 is 36.9 Å². The molecule has 0 aromatic carbocycles. The smallest absolute Gasteiger partial charge is 0.394 e. The van der Waals surface area contributed by atoms with Crippen molar-refractivity contribution in [3.8, 4) is 0 Å². The molecule has 1 heterocycles. The zero-order valence-corrected chi connectivity index (χ0v) is 6.77. The Morgan fingerprint density at radius 2 is 1.79 bits per heavy atom. The molecule has 1 aliphatic rings. The van der Waals surface area contributed by atoms with Crippen LogP contribution < -0.4 is 0 Å². The summed E-state index contributed by atoms with van der Waals surface area (Å²) in [4.78, 5) is 0. The van der Waals surface area contributed by atoms with Crippen LogP contribution in [0.2, 0.25) is 0 Å². The minimum atomic E-state index is -5.24. The first-order valence-corrected chi connectivity index (χ1v) is 3.66. The van der Waals surface area contributed by atoms with Gasteiger partial charge in [-0.1, -0.05) is 0 Å². The molecule has 1 aliphatic heterocycles. The van der Waals surface area contributed by atoms with Crippen LogP contribution in [0.1, 0.15) is 0 Å². The van der Waals surface area contributed by atoms with Crippen molar-refractivity contribution in [3.63, 3.8) is 0 Å². The Bertz CT molecular complexity index is 220. The minimum Gasteiger partial charge on any atom is -0.394 e. The van der Waals surface area contributed by atoms with Crippen LogP contribution in [-0.2, 0) is 4.74 Å². The molecule has 0 saturated carbocycles. The molecule has 8 heteroatoms. The third-order valence-electron chi connectivity index (χ3n) is 2.12. The molecule has 84 valence electrons. The molecule has 14 heavy (non-hydrogen) atoms. The van der Waals surface area contributed by atoms with Crippen LogP contribution >= 0.6 is 0 Å². The normalized spacial score (nSPS) is 44.4. The van der Waals surface area contributed by atoms with Crippen LogP contribution in [0.15, 0.2) is 0 Å². The van der Waals surface area contributed by atoms with Gasteiger partial charge in [0.25, 0.3) is 0 Å². The number of aliphatic hydroxyl groups excluding tert-OH is 3. The second kappa shape index (κ2) is 3.31. The number of hydrogen-bond donors (Lipinski definition) is 4. The van der Waals surface area contributed by atoms with Crippen LogP contribution in [0.4, 0.5) is 13.2 Å². The van der Waals surface area contributed by atoms with Gasteiger partial charge in [-0.2, -0.15) is 13.2 Å². The van der Waals surface area contributed by atoms with Gasteiger partial charge in [0.05, 0.1) is 6.61 Å². The van der Waals surface area contributed by atoms with Crippen molar-refractivity contribution in [3.05, 3.63) is 0 Å². The van der Waals surface area contributed by atoms with Gasteiger partial charge in [0.15, 0.2) is 6.29 Å². The molecule has 0 amide bonds. The van der Waals surface area contributed by atoms with Crippen molar-refractivity contribution >= 4 is 0 Å². The molecule has 0 aromatic heterocycles. The molecule has 1 unspecified atom stereocenters. The van der Waals surface area contributed by atoms with Gasteiger partial charge in [0, 0.05) is 0 Å². The van der Waals surface area contributed by atoms with Crippen molar-refractivity contribution in [2.75, 3.05) is 6.61 Å². The topological polar surface area (TPSA) is 90.2 Å². The lowest BCUT2D eigenvalue weighted by Crippen LogP contribution is -2.59. The molecule has 0 radical (unpaired) electrons. The summed E-state index contributed by atoms with van der Waals surface area (Å²) in [6, 6.07) is 0. The number of hydrogen-bond acceptors (Lipinski definition) is 5. The molecule has 1 rings (SSSR count). The van der Waals surface area contributed by atoms with Crippen LogP contribution in [-0.4, -0.2) is 57.3 Å². The molecule has 0 aliphatic carbocycles. The van der Waals surface area contributed by atoms with Crippen molar-refractivity contribution < 1.29 is 38.3 Å². The number of aliphatic hydroxyl groups is 4. The van der Waals surface area contributed by atoms with Crippen LogP contribution in [0.25, 0.3) is 0 Å². The lowest BCUT2D eigenvalue weighted by atomic mass is 9.95. The highest BCUT2D eigenvalue weighted by Gasteiger charge is 2.69. The second-order valence-corrected chi connectivity index (χ2v) is 2.98. The molecule has 1 saturated heterocycles. The van der Waals surface area contributed by atoms with Crippen molar-refractivity contribution in [1.29, 1.82) is 0 Å². The predicted molar refractivity (Wildman–Crippen MR) is 35.0 cm³/mol. The SMILES string of the molecule is OC[C@@H]1OC(O)[C@](O)(C(F)(F)F)[C@H]1O. The van der Waals surface area contributed by atoms with E-state index in [2.05, 4.69) is 4.74 Å². The summed E-state index contributed by atoms with van der Waals surface area (Å²) in [7, 11) is 0. The second-order valence-electron chi connectivity index (χ2n) is 2.98. The molecule has 4 atom stereocenters. The maximum absolute atomic E-state index is 12.2. The first kappa shape index (κ1) is 11.7. The van der Waals surface area contributed by atoms with E-state index in [0.29, 0.717) is 0 Å². The lowest BCUT2D eigenvalue weighted by molar-refractivity contribution is -0.322. The third kappa shape index (κ3) is 1.39. The van der Waals surface area contributed by atoms with Crippen LogP contribution in [0.3, 0.4) is 0 Å². The molecular formula is C6H9F3O5. The van der Waals surface area contributed by atoms with Gasteiger partial charge in [-0.25, -0.2) is 0 Å². The van der Waals surface area contributed by atoms with Gasteiger partial charge >= 0.3 is 6.18 Å². The van der Waals surface area contributed by atoms with Gasteiger partial charge in [0.2, 0.25) is 5.60 Å². The average Bonchev–Trinajstić information content (AvgIpc) is 2.29. The fraction of sp³-hybridized carbons (Fsp3) is 1.00. The van der Waals surface area contributed by atoms with Crippen LogP contribution in [0, 0.1) is 0 Å². The summed E-state index contributed by atoms with van der Waals surface area (Å²) in [5, 5.41) is 35.3. The molecule has 5 nitrogen and oxygen atoms in total. The Morgan fingerprint density at radius 3 is 2.00 bits per heavy atom. The monoisotopic (exact) mass is 218 g/mol. The van der Waals surface area contributed by atoms with E-state index in [0.717, 1.165) is 0 Å². The van der Waals surface area contributed by atoms with Crippen LogP contribution in [0.5, 0.6) is 0 Å².